The maximum atomic E-state index is 8.32. The van der Waals surface area contributed by atoms with Crippen molar-refractivity contribution in [3.8, 4) is 5.69 Å². The van der Waals surface area contributed by atoms with E-state index in [1.807, 2.05) is 27.7 Å². The van der Waals surface area contributed by atoms with Crippen molar-refractivity contribution in [1.29, 1.82) is 0 Å². The van der Waals surface area contributed by atoms with Crippen LogP contribution in [-0.4, -0.2) is 32.9 Å². The van der Waals surface area contributed by atoms with Crippen LogP contribution in [0, 0.1) is 6.85 Å². The summed E-state index contributed by atoms with van der Waals surface area (Å²) >= 11 is 0. The Morgan fingerprint density at radius 2 is 1.90 bits per heavy atom. The minimum atomic E-state index is -2.73. The summed E-state index contributed by atoms with van der Waals surface area (Å²) in [5.74, 6) is 0. The van der Waals surface area contributed by atoms with Crippen molar-refractivity contribution in [3.05, 3.63) is 36.4 Å². The van der Waals surface area contributed by atoms with Crippen LogP contribution in [0.5, 0.6) is 0 Å². The van der Waals surface area contributed by atoms with E-state index in [0.717, 1.165) is 4.57 Å². The lowest BCUT2D eigenvalue weighted by Crippen LogP contribution is -2.41. The van der Waals surface area contributed by atoms with Gasteiger partial charge in [0.25, 0.3) is 0 Å². The second kappa shape index (κ2) is 4.68. The third-order valence-corrected chi connectivity index (χ3v) is 3.77. The van der Waals surface area contributed by atoms with Gasteiger partial charge < -0.3 is 13.9 Å². The summed E-state index contributed by atoms with van der Waals surface area (Å²) in [6, 6.07) is -0.913. The first-order valence-corrected chi connectivity index (χ1v) is 6.48. The summed E-state index contributed by atoms with van der Waals surface area (Å²) in [6.45, 7) is 4.52. The van der Waals surface area contributed by atoms with Gasteiger partial charge >= 0.3 is 7.12 Å². The fourth-order valence-corrected chi connectivity index (χ4v) is 1.83. The number of aryl methyl sites for hydroxylation is 1. The average molecular weight is 293 g/mol. The number of rotatable bonds is 2. The Morgan fingerprint density at radius 3 is 2.52 bits per heavy atom. The van der Waals surface area contributed by atoms with E-state index in [1.54, 1.807) is 0 Å². The Labute approximate surface area is 136 Å². The van der Waals surface area contributed by atoms with E-state index in [9.17, 15) is 0 Å². The summed E-state index contributed by atoms with van der Waals surface area (Å²) < 4.78 is 75.6. The standard InChI is InChI=1S/C15H20BN3O2/c1-11-9-19(10-18-11)12-6-7-13(17-8-12)16-20-14(2,3)15(4,5)21-16/h6-10H,1-5H3/i1D3,6D,7D,8D,9D,10D. The summed E-state index contributed by atoms with van der Waals surface area (Å²) in [4.78, 5) is 7.61. The first-order chi connectivity index (χ1) is 13.1. The Hall–Kier alpha value is -1.66. The summed E-state index contributed by atoms with van der Waals surface area (Å²) in [5.41, 5.74) is -2.49. The van der Waals surface area contributed by atoms with Crippen molar-refractivity contribution in [1.82, 2.24) is 14.5 Å². The molecule has 0 atom stereocenters. The SMILES string of the molecule is [2H]c1nc(B2OC(C)(C)C(C)(C)O2)c([2H])c([2H])c1-n1c([2H])nc(C([2H])([2H])[2H])c1[2H]. The molecule has 21 heavy (non-hydrogen) atoms. The molecule has 0 bridgehead atoms. The average Bonchev–Trinajstić information content (AvgIpc) is 2.96. The van der Waals surface area contributed by atoms with E-state index in [4.69, 9.17) is 20.3 Å². The lowest BCUT2D eigenvalue weighted by atomic mass is 9.84. The van der Waals surface area contributed by atoms with Crippen LogP contribution in [0.3, 0.4) is 0 Å². The van der Waals surface area contributed by atoms with Crippen LogP contribution in [0.1, 0.15) is 44.4 Å². The Morgan fingerprint density at radius 1 is 1.19 bits per heavy atom. The van der Waals surface area contributed by atoms with Gasteiger partial charge in [-0.25, -0.2) is 4.98 Å². The molecule has 110 valence electrons. The van der Waals surface area contributed by atoms with Gasteiger partial charge in [0, 0.05) is 10.3 Å². The Balaban J connectivity index is 2.15. The lowest BCUT2D eigenvalue weighted by molar-refractivity contribution is 0.00578. The highest BCUT2D eigenvalue weighted by molar-refractivity contribution is 6.61. The molecule has 0 radical (unpaired) electrons. The molecule has 0 spiro atoms. The third kappa shape index (κ3) is 2.49. The Kier molecular flexibility index (Phi) is 1.68. The molecule has 1 aliphatic rings. The second-order valence-corrected chi connectivity index (χ2v) is 5.80. The molecule has 0 aromatic carbocycles. The molecule has 1 saturated heterocycles. The number of imidazole rings is 1. The number of pyridine rings is 1. The van der Waals surface area contributed by atoms with E-state index in [-0.39, 0.29) is 11.3 Å². The minimum absolute atomic E-state index is 0.0726. The van der Waals surface area contributed by atoms with Crippen molar-refractivity contribution >= 4 is 12.7 Å². The zero-order chi connectivity index (χ0) is 22.1. The summed E-state index contributed by atoms with van der Waals surface area (Å²) in [5, 5.41) is 0. The molecule has 1 fully saturated rings. The van der Waals surface area contributed by atoms with Gasteiger partial charge in [-0.1, -0.05) is 0 Å². The van der Waals surface area contributed by atoms with Crippen LogP contribution in [-0.2, 0) is 9.31 Å². The lowest BCUT2D eigenvalue weighted by Gasteiger charge is -2.32. The van der Waals surface area contributed by atoms with E-state index in [0.29, 0.717) is 0 Å². The minimum Gasteiger partial charge on any atom is -0.398 e. The topological polar surface area (TPSA) is 49.2 Å². The van der Waals surface area contributed by atoms with Gasteiger partial charge in [-0.2, -0.15) is 0 Å². The normalized spacial score (nSPS) is 26.0. The second-order valence-electron chi connectivity index (χ2n) is 5.80. The van der Waals surface area contributed by atoms with Gasteiger partial charge in [0.15, 0.2) is 0 Å². The fraction of sp³-hybridized carbons (Fsp3) is 0.467. The number of nitrogens with zero attached hydrogens (tertiary/aromatic N) is 3. The molecule has 0 aliphatic carbocycles. The van der Waals surface area contributed by atoms with Gasteiger partial charge in [0.1, 0.15) is 1.37 Å². The maximum Gasteiger partial charge on any atom is 0.514 e. The highest BCUT2D eigenvalue weighted by atomic mass is 16.7. The van der Waals surface area contributed by atoms with Crippen LogP contribution in [0.15, 0.2) is 30.7 Å². The van der Waals surface area contributed by atoms with Gasteiger partial charge in [-0.15, -0.1) is 0 Å². The summed E-state index contributed by atoms with van der Waals surface area (Å²) in [7, 11) is -1.07. The monoisotopic (exact) mass is 293 g/mol. The molecule has 0 saturated carbocycles. The van der Waals surface area contributed by atoms with Crippen LogP contribution in [0.2, 0.25) is 0 Å². The molecule has 6 heteroatoms. The number of hydrogen-bond acceptors (Lipinski definition) is 4. The van der Waals surface area contributed by atoms with Crippen molar-refractivity contribution in [3.63, 3.8) is 0 Å². The van der Waals surface area contributed by atoms with Gasteiger partial charge in [0.05, 0.1) is 46.1 Å². The van der Waals surface area contributed by atoms with E-state index in [1.165, 1.54) is 0 Å². The number of hydrogen-bond donors (Lipinski definition) is 0. The molecular weight excluding hydrogens is 265 g/mol. The molecule has 5 nitrogen and oxygen atoms in total. The van der Waals surface area contributed by atoms with E-state index < -0.39 is 61.6 Å². The molecule has 2 aromatic rings. The number of aromatic nitrogens is 3. The van der Waals surface area contributed by atoms with Crippen LogP contribution in [0.25, 0.3) is 5.69 Å². The molecular formula is C15H20BN3O2. The van der Waals surface area contributed by atoms with Crippen LogP contribution in [0.4, 0.5) is 0 Å². The third-order valence-electron chi connectivity index (χ3n) is 3.77. The quantitative estimate of drug-likeness (QED) is 0.793. The van der Waals surface area contributed by atoms with Gasteiger partial charge in [-0.3, -0.25) is 4.98 Å². The van der Waals surface area contributed by atoms with E-state index >= 15 is 0 Å². The van der Waals surface area contributed by atoms with Crippen molar-refractivity contribution in [2.45, 2.75) is 45.7 Å². The van der Waals surface area contributed by atoms with Crippen LogP contribution < -0.4 is 5.59 Å². The van der Waals surface area contributed by atoms with E-state index in [2.05, 4.69) is 9.97 Å². The molecule has 3 rings (SSSR count). The van der Waals surface area contributed by atoms with Crippen molar-refractivity contribution in [2.24, 2.45) is 0 Å². The molecule has 0 unspecified atom stereocenters. The van der Waals surface area contributed by atoms with Crippen LogP contribution >= 0.6 is 0 Å². The zero-order valence-electron chi connectivity index (χ0n) is 20.2. The molecule has 0 N–H and O–H groups in total. The first kappa shape index (κ1) is 7.56. The fourth-order valence-electron chi connectivity index (χ4n) is 1.83. The van der Waals surface area contributed by atoms with Crippen molar-refractivity contribution < 1.29 is 20.3 Å². The molecule has 3 heterocycles. The van der Waals surface area contributed by atoms with Crippen molar-refractivity contribution in [2.75, 3.05) is 0 Å². The zero-order valence-corrected chi connectivity index (χ0v) is 12.2. The molecule has 0 amide bonds. The molecule has 1 aliphatic heterocycles. The molecule has 2 aromatic heterocycles. The predicted octanol–water partition coefficient (Wildman–Crippen LogP) is 1.87. The highest BCUT2D eigenvalue weighted by Crippen LogP contribution is 2.36. The highest BCUT2D eigenvalue weighted by Gasteiger charge is 2.52. The Bertz CT molecular complexity index is 973. The maximum absolute atomic E-state index is 8.32. The van der Waals surface area contributed by atoms with Gasteiger partial charge in [-0.05, 0) is 46.6 Å². The van der Waals surface area contributed by atoms with Gasteiger partial charge in [0.2, 0.25) is 0 Å². The first-order valence-electron chi connectivity index (χ1n) is 10.5. The largest absolute Gasteiger partial charge is 0.514 e. The smallest absolute Gasteiger partial charge is 0.398 e. The summed E-state index contributed by atoms with van der Waals surface area (Å²) in [6.07, 6.45) is -1.80. The predicted molar refractivity (Wildman–Crippen MR) is 81.8 cm³/mol.